The third-order valence-corrected chi connectivity index (χ3v) is 5.92. The van der Waals surface area contributed by atoms with Crippen molar-refractivity contribution in [1.82, 2.24) is 14.8 Å². The molecular formula is C23H19ClN4O2S. The Morgan fingerprint density at radius 1 is 1.06 bits per heavy atom. The number of rotatable bonds is 6. The molecule has 0 aliphatic rings. The smallest absolute Gasteiger partial charge is 0.234 e. The molecule has 0 radical (unpaired) electrons. The molecule has 8 heteroatoms. The van der Waals surface area contributed by atoms with E-state index < -0.39 is 0 Å². The van der Waals surface area contributed by atoms with Crippen LogP contribution in [0.3, 0.4) is 0 Å². The normalized spacial score (nSPS) is 10.8. The lowest BCUT2D eigenvalue weighted by atomic mass is 10.2. The molecule has 0 saturated heterocycles. The van der Waals surface area contributed by atoms with Gasteiger partial charge in [-0.25, -0.2) is 0 Å². The maximum Gasteiger partial charge on any atom is 0.234 e. The van der Waals surface area contributed by atoms with Gasteiger partial charge in [-0.1, -0.05) is 59.8 Å². The number of thioether (sulfide) groups is 1. The number of aromatic hydroxyl groups is 1. The summed E-state index contributed by atoms with van der Waals surface area (Å²) >= 11 is 7.39. The highest BCUT2D eigenvalue weighted by Crippen LogP contribution is 2.32. The Labute approximate surface area is 188 Å². The molecule has 0 aliphatic heterocycles. The lowest BCUT2D eigenvalue weighted by Crippen LogP contribution is -2.14. The second kappa shape index (κ2) is 9.24. The highest BCUT2D eigenvalue weighted by Gasteiger charge is 2.19. The largest absolute Gasteiger partial charge is 0.507 e. The first-order valence-corrected chi connectivity index (χ1v) is 10.9. The second-order valence-electron chi connectivity index (χ2n) is 6.80. The first-order chi connectivity index (χ1) is 15.0. The number of amides is 1. The van der Waals surface area contributed by atoms with Crippen LogP contribution in [0.1, 0.15) is 5.56 Å². The Hall–Kier alpha value is -3.29. The molecule has 0 aliphatic carbocycles. The van der Waals surface area contributed by atoms with Gasteiger partial charge in [-0.3, -0.25) is 9.36 Å². The van der Waals surface area contributed by atoms with Crippen LogP contribution >= 0.6 is 23.4 Å². The minimum Gasteiger partial charge on any atom is -0.507 e. The summed E-state index contributed by atoms with van der Waals surface area (Å²) < 4.78 is 1.83. The Morgan fingerprint density at radius 3 is 2.55 bits per heavy atom. The van der Waals surface area contributed by atoms with Crippen LogP contribution < -0.4 is 5.32 Å². The second-order valence-corrected chi connectivity index (χ2v) is 8.14. The molecule has 156 valence electrons. The zero-order valence-electron chi connectivity index (χ0n) is 16.6. The summed E-state index contributed by atoms with van der Waals surface area (Å²) in [6, 6.07) is 21.9. The first kappa shape index (κ1) is 21.0. The van der Waals surface area contributed by atoms with Gasteiger partial charge in [0.1, 0.15) is 5.75 Å². The molecule has 0 atom stereocenters. The molecule has 0 saturated carbocycles. The topological polar surface area (TPSA) is 80.0 Å². The van der Waals surface area contributed by atoms with Crippen LogP contribution in [0.4, 0.5) is 5.69 Å². The van der Waals surface area contributed by atoms with E-state index in [-0.39, 0.29) is 17.4 Å². The molecule has 0 unspecified atom stereocenters. The number of phenols is 1. The molecule has 0 fully saturated rings. The maximum absolute atomic E-state index is 12.5. The highest BCUT2D eigenvalue weighted by atomic mass is 35.5. The zero-order valence-corrected chi connectivity index (χ0v) is 18.2. The van der Waals surface area contributed by atoms with Crippen molar-refractivity contribution in [3.8, 4) is 22.8 Å². The molecule has 1 aromatic heterocycles. The summed E-state index contributed by atoms with van der Waals surface area (Å²) in [7, 11) is 0. The van der Waals surface area contributed by atoms with Crippen molar-refractivity contribution in [2.24, 2.45) is 0 Å². The fourth-order valence-electron chi connectivity index (χ4n) is 3.01. The Morgan fingerprint density at radius 2 is 1.81 bits per heavy atom. The standard InChI is InChI=1S/C23H19ClN4O2S/c1-15-11-12-16(13-19(15)24)25-21(30)14-31-23-27-26-22(18-9-5-6-10-20(18)29)28(23)17-7-3-2-4-8-17/h2-13,29H,14H2,1H3,(H,25,30). The average Bonchev–Trinajstić information content (AvgIpc) is 3.19. The van der Waals surface area contributed by atoms with Crippen molar-refractivity contribution in [1.29, 1.82) is 0 Å². The van der Waals surface area contributed by atoms with E-state index in [0.717, 1.165) is 11.3 Å². The minimum absolute atomic E-state index is 0.109. The summed E-state index contributed by atoms with van der Waals surface area (Å²) in [6.07, 6.45) is 0. The lowest BCUT2D eigenvalue weighted by molar-refractivity contribution is -0.113. The number of nitrogens with zero attached hydrogens (tertiary/aromatic N) is 3. The number of hydrogen-bond donors (Lipinski definition) is 2. The number of hydrogen-bond acceptors (Lipinski definition) is 5. The number of para-hydroxylation sites is 2. The number of nitrogens with one attached hydrogen (secondary N) is 1. The molecule has 1 heterocycles. The summed E-state index contributed by atoms with van der Waals surface area (Å²) in [5.41, 5.74) is 2.98. The Kier molecular flexibility index (Phi) is 6.25. The van der Waals surface area contributed by atoms with Gasteiger partial charge in [0.05, 0.1) is 11.3 Å². The van der Waals surface area contributed by atoms with E-state index in [1.54, 1.807) is 24.3 Å². The van der Waals surface area contributed by atoms with Gasteiger partial charge in [0, 0.05) is 16.4 Å². The molecule has 2 N–H and O–H groups in total. The average molecular weight is 451 g/mol. The van der Waals surface area contributed by atoms with Crippen LogP contribution in [-0.2, 0) is 4.79 Å². The predicted molar refractivity (Wildman–Crippen MR) is 124 cm³/mol. The lowest BCUT2D eigenvalue weighted by Gasteiger charge is -2.11. The monoisotopic (exact) mass is 450 g/mol. The van der Waals surface area contributed by atoms with E-state index in [2.05, 4.69) is 15.5 Å². The van der Waals surface area contributed by atoms with Gasteiger partial charge in [-0.15, -0.1) is 10.2 Å². The first-order valence-electron chi connectivity index (χ1n) is 9.51. The van der Waals surface area contributed by atoms with Crippen molar-refractivity contribution >= 4 is 35.0 Å². The van der Waals surface area contributed by atoms with Crippen LogP contribution in [0.15, 0.2) is 78.0 Å². The number of carbonyl (C=O) groups excluding carboxylic acids is 1. The van der Waals surface area contributed by atoms with Crippen molar-refractivity contribution < 1.29 is 9.90 Å². The zero-order chi connectivity index (χ0) is 21.8. The summed E-state index contributed by atoms with van der Waals surface area (Å²) in [5.74, 6) is 0.559. The van der Waals surface area contributed by atoms with Gasteiger partial charge in [0.25, 0.3) is 0 Å². The SMILES string of the molecule is Cc1ccc(NC(=O)CSc2nnc(-c3ccccc3O)n2-c2ccccc2)cc1Cl. The fraction of sp³-hybridized carbons (Fsp3) is 0.0870. The van der Waals surface area contributed by atoms with Gasteiger partial charge < -0.3 is 10.4 Å². The van der Waals surface area contributed by atoms with E-state index in [4.69, 9.17) is 11.6 Å². The van der Waals surface area contributed by atoms with Crippen LogP contribution in [0.2, 0.25) is 5.02 Å². The summed E-state index contributed by atoms with van der Waals surface area (Å²) in [6.45, 7) is 1.91. The number of halogens is 1. The van der Waals surface area contributed by atoms with Crippen molar-refractivity contribution in [3.63, 3.8) is 0 Å². The molecule has 0 spiro atoms. The molecule has 0 bridgehead atoms. The van der Waals surface area contributed by atoms with E-state index in [0.29, 0.717) is 27.3 Å². The van der Waals surface area contributed by atoms with Crippen LogP contribution in [0, 0.1) is 6.92 Å². The number of carbonyl (C=O) groups is 1. The molecule has 3 aromatic carbocycles. The maximum atomic E-state index is 12.5. The van der Waals surface area contributed by atoms with Gasteiger partial charge >= 0.3 is 0 Å². The summed E-state index contributed by atoms with van der Waals surface area (Å²) in [5, 5.41) is 22.9. The molecule has 6 nitrogen and oxygen atoms in total. The molecule has 4 rings (SSSR count). The van der Waals surface area contributed by atoms with E-state index in [1.807, 2.05) is 60.0 Å². The number of aromatic nitrogens is 3. The molecule has 1 amide bonds. The van der Waals surface area contributed by atoms with E-state index >= 15 is 0 Å². The molecular weight excluding hydrogens is 432 g/mol. The van der Waals surface area contributed by atoms with Gasteiger partial charge in [0.2, 0.25) is 5.91 Å². The van der Waals surface area contributed by atoms with E-state index in [9.17, 15) is 9.90 Å². The Bertz CT molecular complexity index is 1230. The quantitative estimate of drug-likeness (QED) is 0.388. The highest BCUT2D eigenvalue weighted by molar-refractivity contribution is 7.99. The third-order valence-electron chi connectivity index (χ3n) is 4.58. The number of anilines is 1. The third kappa shape index (κ3) is 4.73. The molecule has 4 aromatic rings. The van der Waals surface area contributed by atoms with Crippen molar-refractivity contribution in [2.45, 2.75) is 12.1 Å². The van der Waals surface area contributed by atoms with Crippen molar-refractivity contribution in [3.05, 3.63) is 83.4 Å². The van der Waals surface area contributed by atoms with Gasteiger partial charge in [-0.2, -0.15) is 0 Å². The minimum atomic E-state index is -0.184. The van der Waals surface area contributed by atoms with Gasteiger partial charge in [0.15, 0.2) is 11.0 Å². The summed E-state index contributed by atoms with van der Waals surface area (Å²) in [4.78, 5) is 12.5. The number of aryl methyl sites for hydroxylation is 1. The van der Waals surface area contributed by atoms with E-state index in [1.165, 1.54) is 11.8 Å². The fourth-order valence-corrected chi connectivity index (χ4v) is 3.94. The van der Waals surface area contributed by atoms with Crippen molar-refractivity contribution in [2.75, 3.05) is 11.1 Å². The Balaban J connectivity index is 1.59. The van der Waals surface area contributed by atoms with Crippen LogP contribution in [-0.4, -0.2) is 31.5 Å². The molecule has 31 heavy (non-hydrogen) atoms. The number of phenolic OH excluding ortho intramolecular Hbond substituents is 1. The predicted octanol–water partition coefficient (Wildman–Crippen LogP) is 5.33. The number of benzene rings is 3. The van der Waals surface area contributed by atoms with Crippen LogP contribution in [0.5, 0.6) is 5.75 Å². The van der Waals surface area contributed by atoms with Gasteiger partial charge in [-0.05, 0) is 48.9 Å². The van der Waals surface area contributed by atoms with Crippen LogP contribution in [0.25, 0.3) is 17.1 Å².